The van der Waals surface area contributed by atoms with Gasteiger partial charge in [-0.2, -0.15) is 0 Å². The Balaban J connectivity index is 1.93. The van der Waals surface area contributed by atoms with Crippen LogP contribution in [0.15, 0.2) is 0 Å². The van der Waals surface area contributed by atoms with Crippen molar-refractivity contribution in [1.29, 1.82) is 0 Å². The maximum atomic E-state index is 11.5. The van der Waals surface area contributed by atoms with Gasteiger partial charge in [0.15, 0.2) is 0 Å². The molecule has 0 saturated heterocycles. The van der Waals surface area contributed by atoms with E-state index < -0.39 is 11.5 Å². The van der Waals surface area contributed by atoms with Crippen molar-refractivity contribution in [3.8, 4) is 0 Å². The van der Waals surface area contributed by atoms with Crippen LogP contribution < -0.4 is 5.32 Å². The third-order valence-electron chi connectivity index (χ3n) is 4.45. The predicted molar refractivity (Wildman–Crippen MR) is 68.0 cm³/mol. The molecule has 1 unspecified atom stereocenters. The van der Waals surface area contributed by atoms with Gasteiger partial charge in [0.2, 0.25) is 0 Å². The van der Waals surface area contributed by atoms with Crippen LogP contribution in [-0.4, -0.2) is 22.7 Å². The van der Waals surface area contributed by atoms with Crippen LogP contribution in [0.4, 0.5) is 0 Å². The van der Waals surface area contributed by atoms with Gasteiger partial charge in [0, 0.05) is 6.04 Å². The molecule has 98 valence electrons. The normalized spacial score (nSPS) is 26.9. The fourth-order valence-corrected chi connectivity index (χ4v) is 3.04. The summed E-state index contributed by atoms with van der Waals surface area (Å²) in [6.45, 7) is 1.88. The first-order valence-corrected chi connectivity index (χ1v) is 7.14. The molecule has 0 heterocycles. The van der Waals surface area contributed by atoms with Crippen LogP contribution in [0.1, 0.15) is 64.7 Å². The van der Waals surface area contributed by atoms with E-state index in [9.17, 15) is 9.90 Å². The molecule has 0 aliphatic heterocycles. The lowest BCUT2D eigenvalue weighted by Crippen LogP contribution is -2.55. The molecule has 0 aromatic rings. The van der Waals surface area contributed by atoms with Crippen LogP contribution >= 0.6 is 0 Å². The zero-order valence-electron chi connectivity index (χ0n) is 10.9. The number of carboxylic acid groups (broad SMARTS) is 1. The fraction of sp³-hybridized carbons (Fsp3) is 0.929. The van der Waals surface area contributed by atoms with Gasteiger partial charge in [0.05, 0.1) is 0 Å². The first-order chi connectivity index (χ1) is 8.13. The Morgan fingerprint density at radius 3 is 2.06 bits per heavy atom. The van der Waals surface area contributed by atoms with E-state index >= 15 is 0 Å². The highest BCUT2D eigenvalue weighted by Gasteiger charge is 2.48. The van der Waals surface area contributed by atoms with E-state index in [2.05, 4.69) is 5.32 Å². The van der Waals surface area contributed by atoms with Crippen LogP contribution in [0.25, 0.3) is 0 Å². The van der Waals surface area contributed by atoms with Crippen molar-refractivity contribution in [2.24, 2.45) is 5.92 Å². The average Bonchev–Trinajstić information content (AvgIpc) is 3.05. The molecule has 2 saturated carbocycles. The Morgan fingerprint density at radius 1 is 1.06 bits per heavy atom. The molecule has 0 radical (unpaired) electrons. The van der Waals surface area contributed by atoms with Gasteiger partial charge in [0.1, 0.15) is 5.54 Å². The van der Waals surface area contributed by atoms with Crippen molar-refractivity contribution in [3.05, 3.63) is 0 Å². The van der Waals surface area contributed by atoms with Crippen molar-refractivity contribution in [2.45, 2.75) is 76.3 Å². The van der Waals surface area contributed by atoms with Gasteiger partial charge in [-0.05, 0) is 38.5 Å². The Kier molecular flexibility index (Phi) is 4.08. The quantitative estimate of drug-likeness (QED) is 0.793. The molecule has 3 heteroatoms. The lowest BCUT2D eigenvalue weighted by molar-refractivity contribution is -0.145. The van der Waals surface area contributed by atoms with E-state index in [0.717, 1.165) is 25.7 Å². The second-order valence-corrected chi connectivity index (χ2v) is 5.97. The number of hydrogen-bond acceptors (Lipinski definition) is 2. The number of hydrogen-bond donors (Lipinski definition) is 2. The number of rotatable bonds is 4. The lowest BCUT2D eigenvalue weighted by Gasteiger charge is -2.32. The predicted octanol–water partition coefficient (Wildman–Crippen LogP) is 2.94. The van der Waals surface area contributed by atoms with Crippen molar-refractivity contribution in [3.63, 3.8) is 0 Å². The lowest BCUT2D eigenvalue weighted by atomic mass is 9.90. The zero-order chi connectivity index (χ0) is 12.3. The fourth-order valence-electron chi connectivity index (χ4n) is 3.04. The molecule has 0 aromatic heterocycles. The maximum Gasteiger partial charge on any atom is 0.323 e. The molecule has 2 fully saturated rings. The third kappa shape index (κ3) is 3.21. The number of nitrogens with one attached hydrogen (secondary N) is 1. The van der Waals surface area contributed by atoms with Gasteiger partial charge >= 0.3 is 5.97 Å². The minimum atomic E-state index is -0.677. The van der Waals surface area contributed by atoms with Gasteiger partial charge in [0.25, 0.3) is 0 Å². The molecule has 2 aliphatic carbocycles. The van der Waals surface area contributed by atoms with Crippen molar-refractivity contribution in [1.82, 2.24) is 5.32 Å². The van der Waals surface area contributed by atoms with E-state index in [0.29, 0.717) is 12.0 Å². The summed E-state index contributed by atoms with van der Waals surface area (Å²) in [5.74, 6) is -0.313. The molecule has 2 aliphatic rings. The first-order valence-electron chi connectivity index (χ1n) is 7.14. The van der Waals surface area contributed by atoms with E-state index in [4.69, 9.17) is 0 Å². The summed E-state index contributed by atoms with van der Waals surface area (Å²) >= 11 is 0. The standard InChI is InChI=1S/C14H25NO2/c1-14(13(16)17,11-9-10-11)15-12-7-5-3-2-4-6-8-12/h11-12,15H,2-10H2,1H3,(H,16,17). The molecular formula is C14H25NO2. The molecule has 0 bridgehead atoms. The summed E-state index contributed by atoms with van der Waals surface area (Å²) in [6, 6.07) is 0.414. The van der Waals surface area contributed by atoms with Gasteiger partial charge in [-0.1, -0.05) is 32.1 Å². The van der Waals surface area contributed by atoms with Crippen molar-refractivity contribution < 1.29 is 9.90 Å². The molecule has 0 aromatic carbocycles. The van der Waals surface area contributed by atoms with Crippen LogP contribution in [0.3, 0.4) is 0 Å². The summed E-state index contributed by atoms with van der Waals surface area (Å²) in [4.78, 5) is 11.5. The zero-order valence-corrected chi connectivity index (χ0v) is 10.9. The summed E-state index contributed by atoms with van der Waals surface area (Å²) in [6.07, 6.45) is 10.9. The molecule has 2 N–H and O–H groups in total. The Bertz CT molecular complexity index is 267. The third-order valence-corrected chi connectivity index (χ3v) is 4.45. The summed E-state index contributed by atoms with van der Waals surface area (Å²) in [5.41, 5.74) is -0.677. The van der Waals surface area contributed by atoms with E-state index in [-0.39, 0.29) is 0 Å². The minimum absolute atomic E-state index is 0.352. The second kappa shape index (κ2) is 5.38. The van der Waals surface area contributed by atoms with Crippen LogP contribution in [0.2, 0.25) is 0 Å². The highest BCUT2D eigenvalue weighted by Crippen LogP contribution is 2.40. The van der Waals surface area contributed by atoms with Gasteiger partial charge in [-0.25, -0.2) is 0 Å². The Morgan fingerprint density at radius 2 is 1.59 bits per heavy atom. The van der Waals surface area contributed by atoms with Crippen LogP contribution in [0.5, 0.6) is 0 Å². The highest BCUT2D eigenvalue weighted by molar-refractivity contribution is 5.79. The Hall–Kier alpha value is -0.570. The van der Waals surface area contributed by atoms with Gasteiger partial charge < -0.3 is 5.11 Å². The SMILES string of the molecule is CC(NC1CCCCCCC1)(C(=O)O)C1CC1. The molecule has 3 nitrogen and oxygen atoms in total. The molecular weight excluding hydrogens is 214 g/mol. The number of carboxylic acids is 1. The molecule has 17 heavy (non-hydrogen) atoms. The van der Waals surface area contributed by atoms with Gasteiger partial charge in [-0.15, -0.1) is 0 Å². The van der Waals surface area contributed by atoms with Crippen molar-refractivity contribution >= 4 is 5.97 Å². The van der Waals surface area contributed by atoms with Crippen molar-refractivity contribution in [2.75, 3.05) is 0 Å². The second-order valence-electron chi connectivity index (χ2n) is 5.97. The molecule has 1 atom stereocenters. The largest absolute Gasteiger partial charge is 0.480 e. The van der Waals surface area contributed by atoms with E-state index in [1.165, 1.54) is 32.1 Å². The summed E-state index contributed by atoms with van der Waals surface area (Å²) < 4.78 is 0. The van der Waals surface area contributed by atoms with Crippen LogP contribution in [-0.2, 0) is 4.79 Å². The smallest absolute Gasteiger partial charge is 0.323 e. The minimum Gasteiger partial charge on any atom is -0.480 e. The van der Waals surface area contributed by atoms with E-state index in [1.54, 1.807) is 0 Å². The highest BCUT2D eigenvalue weighted by atomic mass is 16.4. The summed E-state index contributed by atoms with van der Waals surface area (Å²) in [5, 5.41) is 12.9. The Labute approximate surface area is 104 Å². The molecule has 2 rings (SSSR count). The molecule has 0 amide bonds. The maximum absolute atomic E-state index is 11.5. The monoisotopic (exact) mass is 239 g/mol. The van der Waals surface area contributed by atoms with Crippen LogP contribution in [0, 0.1) is 5.92 Å². The average molecular weight is 239 g/mol. The first kappa shape index (κ1) is 12.9. The number of carbonyl (C=O) groups is 1. The summed E-state index contributed by atoms with van der Waals surface area (Å²) in [7, 11) is 0. The topological polar surface area (TPSA) is 49.3 Å². The van der Waals surface area contributed by atoms with E-state index in [1.807, 2.05) is 6.92 Å². The number of aliphatic carboxylic acids is 1. The molecule has 0 spiro atoms. The van der Waals surface area contributed by atoms with Gasteiger partial charge in [-0.3, -0.25) is 10.1 Å².